The molecule has 1 aliphatic rings. The van der Waals surface area contributed by atoms with Crippen molar-refractivity contribution in [1.82, 2.24) is 4.31 Å². The summed E-state index contributed by atoms with van der Waals surface area (Å²) in [6, 6.07) is 6.81. The first-order chi connectivity index (χ1) is 8.47. The molecular formula is C12H18N2O3S. The molecule has 6 heteroatoms. The minimum absolute atomic E-state index is 0.0417. The number of nitrogens with zero attached hydrogens (tertiary/aromatic N) is 1. The van der Waals surface area contributed by atoms with Crippen LogP contribution in [0.15, 0.2) is 24.3 Å². The number of nitrogens with two attached hydrogens (primary N) is 1. The van der Waals surface area contributed by atoms with E-state index in [0.29, 0.717) is 30.6 Å². The van der Waals surface area contributed by atoms with Gasteiger partial charge in [-0.05, 0) is 30.5 Å². The normalized spacial score (nSPS) is 21.9. The van der Waals surface area contributed by atoms with Gasteiger partial charge in [0.2, 0.25) is 10.0 Å². The van der Waals surface area contributed by atoms with Gasteiger partial charge in [0.25, 0.3) is 0 Å². The summed E-state index contributed by atoms with van der Waals surface area (Å²) >= 11 is 0. The molecule has 0 unspecified atom stereocenters. The third kappa shape index (κ3) is 3.22. The molecule has 1 fully saturated rings. The maximum Gasteiger partial charge on any atom is 0.218 e. The number of β-amino-alcohol motifs (C(OH)–C–C–N with tert-alkyl or cyclic N) is 1. The SMILES string of the molecule is Nc1ccc(CS(=O)(=O)N2CCC[C@H](O)C2)cc1. The first kappa shape index (κ1) is 13.3. The predicted octanol–water partition coefficient (Wildman–Crippen LogP) is 0.555. The van der Waals surface area contributed by atoms with E-state index in [1.165, 1.54) is 4.31 Å². The first-order valence-corrected chi connectivity index (χ1v) is 7.58. The fourth-order valence-corrected chi connectivity index (χ4v) is 3.69. The van der Waals surface area contributed by atoms with Gasteiger partial charge in [-0.2, -0.15) is 4.31 Å². The van der Waals surface area contributed by atoms with Gasteiger partial charge in [0.15, 0.2) is 0 Å². The van der Waals surface area contributed by atoms with Crippen LogP contribution in [0.1, 0.15) is 18.4 Å². The minimum Gasteiger partial charge on any atom is -0.399 e. The minimum atomic E-state index is -3.35. The fourth-order valence-electron chi connectivity index (χ4n) is 2.09. The fraction of sp³-hybridized carbons (Fsp3) is 0.500. The van der Waals surface area contributed by atoms with E-state index in [0.717, 1.165) is 0 Å². The molecule has 3 N–H and O–H groups in total. The second-order valence-electron chi connectivity index (χ2n) is 4.65. The lowest BCUT2D eigenvalue weighted by Gasteiger charge is -2.29. The zero-order valence-corrected chi connectivity index (χ0v) is 10.9. The van der Waals surface area contributed by atoms with Crippen LogP contribution in [0.4, 0.5) is 5.69 Å². The quantitative estimate of drug-likeness (QED) is 0.786. The molecule has 1 heterocycles. The topological polar surface area (TPSA) is 83.6 Å². The first-order valence-electron chi connectivity index (χ1n) is 5.98. The van der Waals surface area contributed by atoms with E-state index >= 15 is 0 Å². The average Bonchev–Trinajstić information content (AvgIpc) is 2.32. The lowest BCUT2D eigenvalue weighted by atomic mass is 10.1. The summed E-state index contributed by atoms with van der Waals surface area (Å²) in [5, 5.41) is 9.52. The maximum absolute atomic E-state index is 12.2. The van der Waals surface area contributed by atoms with Crippen LogP contribution < -0.4 is 5.73 Å². The smallest absolute Gasteiger partial charge is 0.218 e. The summed E-state index contributed by atoms with van der Waals surface area (Å²) in [7, 11) is -3.35. The Labute approximate surface area is 107 Å². The van der Waals surface area contributed by atoms with E-state index < -0.39 is 16.1 Å². The standard InChI is InChI=1S/C12H18N2O3S/c13-11-5-3-10(4-6-11)9-18(16,17)14-7-1-2-12(15)8-14/h3-6,12,15H,1-2,7-9,13H2/t12-/m0/s1. The van der Waals surface area contributed by atoms with Gasteiger partial charge < -0.3 is 10.8 Å². The van der Waals surface area contributed by atoms with E-state index in [1.54, 1.807) is 24.3 Å². The van der Waals surface area contributed by atoms with E-state index in [1.807, 2.05) is 0 Å². The van der Waals surface area contributed by atoms with Crippen molar-refractivity contribution >= 4 is 15.7 Å². The molecule has 0 aromatic heterocycles. The highest BCUT2D eigenvalue weighted by molar-refractivity contribution is 7.88. The van der Waals surface area contributed by atoms with Crippen LogP contribution in [0, 0.1) is 0 Å². The summed E-state index contributed by atoms with van der Waals surface area (Å²) in [5.41, 5.74) is 6.89. The Morgan fingerprint density at radius 2 is 2.00 bits per heavy atom. The Bertz CT molecular complexity index is 499. The molecule has 1 aliphatic heterocycles. The van der Waals surface area contributed by atoms with E-state index in [9.17, 15) is 13.5 Å². The number of aliphatic hydroxyl groups excluding tert-OH is 1. The molecule has 18 heavy (non-hydrogen) atoms. The van der Waals surface area contributed by atoms with Gasteiger partial charge in [0.1, 0.15) is 0 Å². The number of piperidine rings is 1. The van der Waals surface area contributed by atoms with E-state index in [-0.39, 0.29) is 12.3 Å². The van der Waals surface area contributed by atoms with Crippen molar-refractivity contribution < 1.29 is 13.5 Å². The van der Waals surface area contributed by atoms with Gasteiger partial charge in [-0.15, -0.1) is 0 Å². The van der Waals surface area contributed by atoms with Gasteiger partial charge in [-0.25, -0.2) is 8.42 Å². The third-order valence-electron chi connectivity index (χ3n) is 3.08. The van der Waals surface area contributed by atoms with Crippen molar-refractivity contribution in [2.75, 3.05) is 18.8 Å². The molecule has 0 saturated carbocycles. The molecule has 1 aromatic rings. The van der Waals surface area contributed by atoms with Gasteiger partial charge in [-0.3, -0.25) is 0 Å². The number of hydrogen-bond donors (Lipinski definition) is 2. The number of nitrogen functional groups attached to an aromatic ring is 1. The van der Waals surface area contributed by atoms with Crippen LogP contribution in [-0.2, 0) is 15.8 Å². The molecule has 0 radical (unpaired) electrons. The Balaban J connectivity index is 2.09. The highest BCUT2D eigenvalue weighted by Crippen LogP contribution is 2.18. The van der Waals surface area contributed by atoms with Crippen LogP contribution >= 0.6 is 0 Å². The van der Waals surface area contributed by atoms with Crippen molar-refractivity contribution in [3.63, 3.8) is 0 Å². The largest absolute Gasteiger partial charge is 0.399 e. The van der Waals surface area contributed by atoms with Gasteiger partial charge in [-0.1, -0.05) is 12.1 Å². The van der Waals surface area contributed by atoms with Gasteiger partial charge in [0, 0.05) is 18.8 Å². The number of rotatable bonds is 3. The summed E-state index contributed by atoms with van der Waals surface area (Å²) in [6.45, 7) is 0.700. The average molecular weight is 270 g/mol. The van der Waals surface area contributed by atoms with Gasteiger partial charge >= 0.3 is 0 Å². The molecule has 5 nitrogen and oxygen atoms in total. The number of hydrogen-bond acceptors (Lipinski definition) is 4. The van der Waals surface area contributed by atoms with Crippen LogP contribution in [0.2, 0.25) is 0 Å². The molecule has 2 rings (SSSR count). The van der Waals surface area contributed by atoms with Crippen LogP contribution in [0.3, 0.4) is 0 Å². The number of benzene rings is 1. The highest BCUT2D eigenvalue weighted by Gasteiger charge is 2.27. The maximum atomic E-state index is 12.2. The summed E-state index contributed by atoms with van der Waals surface area (Å²) in [6.07, 6.45) is 0.843. The van der Waals surface area contributed by atoms with Gasteiger partial charge in [0.05, 0.1) is 11.9 Å². The lowest BCUT2D eigenvalue weighted by Crippen LogP contribution is -2.42. The highest BCUT2D eigenvalue weighted by atomic mass is 32.2. The second-order valence-corrected chi connectivity index (χ2v) is 6.62. The summed E-state index contributed by atoms with van der Waals surface area (Å²) < 4.78 is 25.7. The Morgan fingerprint density at radius 3 is 2.61 bits per heavy atom. The van der Waals surface area contributed by atoms with Crippen molar-refractivity contribution in [2.45, 2.75) is 24.7 Å². The number of sulfonamides is 1. The summed E-state index contributed by atoms with van der Waals surface area (Å²) in [4.78, 5) is 0. The van der Waals surface area contributed by atoms with Crippen LogP contribution in [0.5, 0.6) is 0 Å². The zero-order chi connectivity index (χ0) is 13.2. The molecule has 1 atom stereocenters. The number of aliphatic hydroxyl groups is 1. The molecule has 0 aliphatic carbocycles. The second kappa shape index (κ2) is 5.26. The number of anilines is 1. The summed E-state index contributed by atoms with van der Waals surface area (Å²) in [5.74, 6) is -0.0417. The molecule has 1 aromatic carbocycles. The van der Waals surface area contributed by atoms with Crippen molar-refractivity contribution in [3.8, 4) is 0 Å². The van der Waals surface area contributed by atoms with Crippen LogP contribution in [-0.4, -0.2) is 37.0 Å². The lowest BCUT2D eigenvalue weighted by molar-refractivity contribution is 0.108. The molecule has 0 spiro atoms. The van der Waals surface area contributed by atoms with E-state index in [2.05, 4.69) is 0 Å². The Morgan fingerprint density at radius 1 is 1.33 bits per heavy atom. The molecule has 0 amide bonds. The zero-order valence-electron chi connectivity index (χ0n) is 10.1. The molecular weight excluding hydrogens is 252 g/mol. The van der Waals surface area contributed by atoms with Crippen LogP contribution in [0.25, 0.3) is 0 Å². The molecule has 1 saturated heterocycles. The molecule has 100 valence electrons. The Kier molecular flexibility index (Phi) is 3.89. The monoisotopic (exact) mass is 270 g/mol. The van der Waals surface area contributed by atoms with E-state index in [4.69, 9.17) is 5.73 Å². The molecule has 0 bridgehead atoms. The predicted molar refractivity (Wildman–Crippen MR) is 70.3 cm³/mol. The van der Waals surface area contributed by atoms with Crippen molar-refractivity contribution in [1.29, 1.82) is 0 Å². The van der Waals surface area contributed by atoms with Crippen molar-refractivity contribution in [2.24, 2.45) is 0 Å². The Hall–Kier alpha value is -1.11. The third-order valence-corrected chi connectivity index (χ3v) is 4.90. The van der Waals surface area contributed by atoms with Crippen molar-refractivity contribution in [3.05, 3.63) is 29.8 Å².